The number of aliphatic carboxylic acids is 1. The highest BCUT2D eigenvalue weighted by atomic mass is 35.5. The molecule has 2 amide bonds. The molecule has 1 aromatic heterocycles. The summed E-state index contributed by atoms with van der Waals surface area (Å²) in [4.78, 5) is 48.9. The lowest BCUT2D eigenvalue weighted by molar-refractivity contribution is -0.138. The molecule has 3 atom stereocenters. The highest BCUT2D eigenvalue weighted by Crippen LogP contribution is 2.35. The van der Waals surface area contributed by atoms with E-state index in [9.17, 15) is 29.7 Å². The predicted molar refractivity (Wildman–Crippen MR) is 160 cm³/mol. The van der Waals surface area contributed by atoms with Crippen LogP contribution in [0.1, 0.15) is 38.3 Å². The molecule has 0 bridgehead atoms. The third-order valence-electron chi connectivity index (χ3n) is 7.64. The summed E-state index contributed by atoms with van der Waals surface area (Å²) < 4.78 is 0. The summed E-state index contributed by atoms with van der Waals surface area (Å²) in [6, 6.07) is 5.32. The normalized spacial score (nSPS) is 19.2. The molecular weight excluding hydrogens is 615 g/mol. The molecule has 44 heavy (non-hydrogen) atoms. The second kappa shape index (κ2) is 13.1. The number of rotatable bonds is 6. The Bertz CT molecular complexity index is 1690. The number of fused-ring (bicyclic) bond motifs is 2. The van der Waals surface area contributed by atoms with Crippen LogP contribution in [0.3, 0.4) is 0 Å². The van der Waals surface area contributed by atoms with Crippen LogP contribution in [0.2, 0.25) is 10.0 Å². The number of piperidine rings is 1. The lowest BCUT2D eigenvalue weighted by Crippen LogP contribution is -2.52. The van der Waals surface area contributed by atoms with E-state index in [1.165, 1.54) is 4.90 Å². The topological polar surface area (TPSA) is 188 Å². The number of aromatic nitrogens is 2. The fourth-order valence-electron chi connectivity index (χ4n) is 5.25. The molecule has 2 aliphatic rings. The number of benzene rings is 2. The molecule has 1 fully saturated rings. The fourth-order valence-corrected chi connectivity index (χ4v) is 6.01. The first-order valence-corrected chi connectivity index (χ1v) is 14.4. The molecule has 0 unspecified atom stereocenters. The summed E-state index contributed by atoms with van der Waals surface area (Å²) in [7, 11) is 0. The minimum absolute atomic E-state index is 0.000110. The van der Waals surface area contributed by atoms with Crippen LogP contribution in [-0.2, 0) is 17.8 Å². The molecule has 0 aliphatic carbocycles. The minimum Gasteiger partial charge on any atom is -0.480 e. The Morgan fingerprint density at radius 1 is 1.18 bits per heavy atom. The Morgan fingerprint density at radius 2 is 1.98 bits per heavy atom. The van der Waals surface area contributed by atoms with E-state index in [0.29, 0.717) is 29.7 Å². The monoisotopic (exact) mass is 642 g/mol. The number of carboxylic acid groups (broad SMARTS) is 1. The molecule has 1 saturated heterocycles. The van der Waals surface area contributed by atoms with Crippen LogP contribution in [-0.4, -0.2) is 103 Å². The van der Waals surface area contributed by atoms with Crippen molar-refractivity contribution in [3.05, 3.63) is 74.3 Å². The van der Waals surface area contributed by atoms with E-state index in [2.05, 4.69) is 30.9 Å². The second-order valence-corrected chi connectivity index (χ2v) is 11.2. The number of carbonyl (C=O) groups excluding carboxylic acids is 2. The van der Waals surface area contributed by atoms with Crippen LogP contribution in [0.4, 0.5) is 0 Å². The van der Waals surface area contributed by atoms with Crippen LogP contribution in [0.15, 0.2) is 35.5 Å². The molecule has 14 nitrogen and oxygen atoms in total. The van der Waals surface area contributed by atoms with Gasteiger partial charge in [-0.1, -0.05) is 34.7 Å². The Labute approximate surface area is 261 Å². The van der Waals surface area contributed by atoms with Crippen LogP contribution < -0.4 is 10.7 Å². The third-order valence-corrected chi connectivity index (χ3v) is 8.35. The number of guanidine groups is 1. The average Bonchev–Trinajstić information content (AvgIpc) is 3.47. The summed E-state index contributed by atoms with van der Waals surface area (Å²) >= 11 is 13.1. The van der Waals surface area contributed by atoms with E-state index in [4.69, 9.17) is 29.8 Å². The highest BCUT2D eigenvalue weighted by molar-refractivity contribution is 6.40. The first kappa shape index (κ1) is 31.0. The van der Waals surface area contributed by atoms with Gasteiger partial charge in [0.05, 0.1) is 46.1 Å². The van der Waals surface area contributed by atoms with Crippen molar-refractivity contribution in [3.8, 4) is 0 Å². The van der Waals surface area contributed by atoms with Gasteiger partial charge in [-0.25, -0.2) is 9.79 Å². The third kappa shape index (κ3) is 6.41. The van der Waals surface area contributed by atoms with Gasteiger partial charge in [-0.05, 0) is 42.2 Å². The molecule has 230 valence electrons. The van der Waals surface area contributed by atoms with Gasteiger partial charge in [-0.2, -0.15) is 16.6 Å². The number of aliphatic hydroxyl groups excluding tert-OH is 2. The molecule has 3 aromatic rings. The molecule has 0 saturated carbocycles. The van der Waals surface area contributed by atoms with Gasteiger partial charge in [0, 0.05) is 37.1 Å². The molecular formula is C28H28Cl2N8O6. The van der Waals surface area contributed by atoms with Gasteiger partial charge in [0.15, 0.2) is 0 Å². The Hall–Kier alpha value is -4.42. The number of carbonyl (C=O) groups is 3. The Balaban J connectivity index is 1.30. The Kier molecular flexibility index (Phi) is 9.21. The smallest absolute Gasteiger partial charge is 0.328 e. The van der Waals surface area contributed by atoms with Crippen molar-refractivity contribution in [2.24, 2.45) is 4.99 Å². The number of hydrogen-bond acceptors (Lipinski definition) is 7. The van der Waals surface area contributed by atoms with Crippen LogP contribution in [0, 0.1) is 6.57 Å². The zero-order valence-electron chi connectivity index (χ0n) is 23.1. The van der Waals surface area contributed by atoms with Crippen molar-refractivity contribution in [2.75, 3.05) is 26.2 Å². The number of aliphatic hydroxyl groups is 2. The number of aromatic amines is 1. The van der Waals surface area contributed by atoms with E-state index in [0.717, 1.165) is 10.9 Å². The quantitative estimate of drug-likeness (QED) is 0.100. The number of nitrogens with one attached hydrogen (secondary N) is 3. The molecule has 0 spiro atoms. The Morgan fingerprint density at radius 3 is 2.70 bits per heavy atom. The molecule has 6 N–H and O–H groups in total. The summed E-state index contributed by atoms with van der Waals surface area (Å²) in [5.41, 5.74) is 4.78. The van der Waals surface area contributed by atoms with Crippen LogP contribution in [0.25, 0.3) is 15.9 Å². The molecule has 5 rings (SSSR count). The maximum atomic E-state index is 13.3. The van der Waals surface area contributed by atoms with Crippen LogP contribution >= 0.6 is 23.2 Å². The number of β-amino-alcohol motifs (C(OH)–C–C–N with tert-alkyl or cyclic N) is 1. The first-order chi connectivity index (χ1) is 21.1. The first-order valence-electron chi connectivity index (χ1n) is 13.6. The van der Waals surface area contributed by atoms with Gasteiger partial charge in [0.1, 0.15) is 6.04 Å². The zero-order valence-corrected chi connectivity index (χ0v) is 24.6. The number of amides is 2. The largest absolute Gasteiger partial charge is 0.480 e. The number of nitrogens with zero attached hydrogens (tertiary/aromatic N) is 5. The minimum atomic E-state index is -1.51. The van der Waals surface area contributed by atoms with Crippen LogP contribution in [0.5, 0.6) is 0 Å². The van der Waals surface area contributed by atoms with E-state index in [1.807, 2.05) is 6.07 Å². The number of likely N-dealkylation sites (tertiary alicyclic amines) is 1. The predicted octanol–water partition coefficient (Wildman–Crippen LogP) is 1.46. The standard InChI is InChI=1S/C28H28Cl2N8O6/c1-31-36-28(38-7-5-21(39)22(40)13-38)32-11-20(27(43)44)34-25(41)23-18(29)8-16-12-37(6-4-17(16)24(23)30)26(42)14-2-3-15-10-33-35-19(15)9-14/h2-3,8-10,20-22,39-40H,4-7,11-13H2,(H,32,36)(H,33,35)(H,34,41)(H,43,44)/t20-,21-,22-/m0/s1. The molecule has 2 aromatic carbocycles. The SMILES string of the molecule is [C-]#[N+]NC(=NC[C@H](NC(=O)c1c(Cl)cc2c(c1Cl)CCN(C(=O)c1ccc3cn[nH]c3c1)C2)C(=O)O)N1CC[C@H](O)[C@@H](O)C1. The van der Waals surface area contributed by atoms with Crippen molar-refractivity contribution in [1.29, 1.82) is 0 Å². The molecule has 2 aliphatic heterocycles. The molecule has 3 heterocycles. The second-order valence-electron chi connectivity index (χ2n) is 10.5. The maximum Gasteiger partial charge on any atom is 0.328 e. The fraction of sp³-hybridized carbons (Fsp3) is 0.357. The van der Waals surface area contributed by atoms with E-state index < -0.39 is 36.7 Å². The van der Waals surface area contributed by atoms with Gasteiger partial charge in [-0.15, -0.1) is 0 Å². The highest BCUT2D eigenvalue weighted by Gasteiger charge is 2.31. The maximum absolute atomic E-state index is 13.3. The summed E-state index contributed by atoms with van der Waals surface area (Å²) in [5, 5.41) is 39.7. The van der Waals surface area contributed by atoms with Gasteiger partial charge in [0.2, 0.25) is 0 Å². The lowest BCUT2D eigenvalue weighted by atomic mass is 9.96. The number of carboxylic acids is 1. The molecule has 16 heteroatoms. The summed E-state index contributed by atoms with van der Waals surface area (Å²) in [6.07, 6.45) is 0.253. The zero-order chi connectivity index (χ0) is 31.5. The van der Waals surface area contributed by atoms with Gasteiger partial charge in [0.25, 0.3) is 17.8 Å². The van der Waals surface area contributed by atoms with E-state index >= 15 is 0 Å². The van der Waals surface area contributed by atoms with Crippen molar-refractivity contribution in [1.82, 2.24) is 30.7 Å². The average molecular weight is 643 g/mol. The van der Waals surface area contributed by atoms with E-state index in [1.54, 1.807) is 29.3 Å². The summed E-state index contributed by atoms with van der Waals surface area (Å²) in [5.74, 6) is -2.40. The molecule has 0 radical (unpaired) electrons. The van der Waals surface area contributed by atoms with Crippen molar-refractivity contribution in [3.63, 3.8) is 0 Å². The van der Waals surface area contributed by atoms with Crippen molar-refractivity contribution in [2.45, 2.75) is 37.6 Å². The van der Waals surface area contributed by atoms with Crippen molar-refractivity contribution >= 4 is 57.8 Å². The summed E-state index contributed by atoms with van der Waals surface area (Å²) in [6.45, 7) is 7.47. The van der Waals surface area contributed by atoms with Gasteiger partial charge in [-0.3, -0.25) is 14.7 Å². The van der Waals surface area contributed by atoms with Gasteiger partial charge < -0.3 is 30.4 Å². The number of aliphatic imine (C=N–C) groups is 1. The number of halogens is 2. The lowest BCUT2D eigenvalue weighted by Gasteiger charge is -2.33. The van der Waals surface area contributed by atoms with Gasteiger partial charge >= 0.3 is 5.97 Å². The number of H-pyrrole nitrogens is 1. The number of hydrogen-bond donors (Lipinski definition) is 6. The van der Waals surface area contributed by atoms with Crippen molar-refractivity contribution < 1.29 is 29.7 Å². The van der Waals surface area contributed by atoms with E-state index in [-0.39, 0.29) is 53.5 Å².